The van der Waals surface area contributed by atoms with E-state index in [4.69, 9.17) is 4.74 Å². The summed E-state index contributed by atoms with van der Waals surface area (Å²) in [6, 6.07) is 8.24. The number of fused-ring (bicyclic) bond motifs is 2. The molecule has 2 saturated heterocycles. The first-order valence-electron chi connectivity index (χ1n) is 9.43. The molecule has 0 N–H and O–H groups in total. The van der Waals surface area contributed by atoms with Crippen LogP contribution in [0.25, 0.3) is 0 Å². The molecule has 1 aromatic rings. The van der Waals surface area contributed by atoms with Crippen molar-refractivity contribution in [1.29, 1.82) is 0 Å². The summed E-state index contributed by atoms with van der Waals surface area (Å²) in [5.74, 6) is 0.249. The van der Waals surface area contributed by atoms with Crippen LogP contribution in [-0.4, -0.2) is 34.5 Å². The highest BCUT2D eigenvalue weighted by Crippen LogP contribution is 2.40. The second kappa shape index (κ2) is 6.81. The second-order valence-corrected chi connectivity index (χ2v) is 8.36. The Morgan fingerprint density at radius 2 is 1.80 bits per heavy atom. The minimum Gasteiger partial charge on any atom is -0.444 e. The predicted molar refractivity (Wildman–Crippen MR) is 97.8 cm³/mol. The van der Waals surface area contributed by atoms with Gasteiger partial charge in [0.25, 0.3) is 0 Å². The van der Waals surface area contributed by atoms with Crippen LogP contribution in [0.3, 0.4) is 0 Å². The summed E-state index contributed by atoms with van der Waals surface area (Å²) in [7, 11) is 0. The lowest BCUT2D eigenvalue weighted by Gasteiger charge is -2.39. The average Bonchev–Trinajstić information content (AvgIpc) is 2.83. The first kappa shape index (κ1) is 18.0. The lowest BCUT2D eigenvalue weighted by molar-refractivity contribution is 0.00254. The normalized spacial score (nSPS) is 25.8. The number of amides is 1. The van der Waals surface area contributed by atoms with Gasteiger partial charge in [-0.15, -0.1) is 0 Å². The Labute approximate surface area is 150 Å². The number of aryl methyl sites for hydroxylation is 1. The van der Waals surface area contributed by atoms with Gasteiger partial charge in [-0.25, -0.2) is 4.79 Å². The first-order chi connectivity index (χ1) is 11.8. The molecule has 3 rings (SSSR count). The highest BCUT2D eigenvalue weighted by atomic mass is 16.6. The molecule has 1 amide bonds. The van der Waals surface area contributed by atoms with Gasteiger partial charge in [-0.1, -0.05) is 25.1 Å². The molecule has 0 radical (unpaired) electrons. The van der Waals surface area contributed by atoms with E-state index in [1.807, 2.05) is 43.9 Å². The van der Waals surface area contributed by atoms with Crippen LogP contribution in [0.5, 0.6) is 0 Å². The summed E-state index contributed by atoms with van der Waals surface area (Å²) < 4.78 is 5.57. The first-order valence-corrected chi connectivity index (χ1v) is 9.43. The standard InChI is InChI=1S/C21H29NO3/c1-5-14-7-6-8-15(11-14)19(23)16-12-17-9-10-18(13-16)22(17)20(24)25-21(2,3)4/h6-8,11,16-18H,5,9-10,12-13H2,1-4H3. The molecule has 1 aromatic carbocycles. The molecule has 0 aromatic heterocycles. The average molecular weight is 343 g/mol. The van der Waals surface area contributed by atoms with Crippen LogP contribution < -0.4 is 0 Å². The molecule has 0 spiro atoms. The molecule has 2 aliphatic rings. The van der Waals surface area contributed by atoms with Gasteiger partial charge in [-0.2, -0.15) is 0 Å². The van der Waals surface area contributed by atoms with Crippen LogP contribution in [0.1, 0.15) is 69.3 Å². The summed E-state index contributed by atoms with van der Waals surface area (Å²) in [4.78, 5) is 27.4. The zero-order valence-corrected chi connectivity index (χ0v) is 15.7. The number of nitrogens with zero attached hydrogens (tertiary/aromatic N) is 1. The smallest absolute Gasteiger partial charge is 0.410 e. The third-order valence-electron chi connectivity index (χ3n) is 5.33. The summed E-state index contributed by atoms with van der Waals surface area (Å²) in [6.45, 7) is 7.78. The monoisotopic (exact) mass is 343 g/mol. The maximum atomic E-state index is 13.0. The zero-order chi connectivity index (χ0) is 18.2. The molecule has 2 aliphatic heterocycles. The van der Waals surface area contributed by atoms with Crippen LogP contribution in [0.4, 0.5) is 4.79 Å². The van der Waals surface area contributed by atoms with Gasteiger partial charge in [0.05, 0.1) is 0 Å². The molecule has 2 bridgehead atoms. The van der Waals surface area contributed by atoms with Crippen molar-refractivity contribution in [3.63, 3.8) is 0 Å². The fourth-order valence-corrected chi connectivity index (χ4v) is 4.18. The molecule has 4 nitrogen and oxygen atoms in total. The minimum absolute atomic E-state index is 0.0169. The molecule has 2 fully saturated rings. The highest BCUT2D eigenvalue weighted by Gasteiger charge is 2.46. The van der Waals surface area contributed by atoms with Crippen LogP contribution >= 0.6 is 0 Å². The van der Waals surface area contributed by atoms with E-state index in [0.717, 1.165) is 37.7 Å². The van der Waals surface area contributed by atoms with Gasteiger partial charge >= 0.3 is 6.09 Å². The number of piperidine rings is 1. The summed E-state index contributed by atoms with van der Waals surface area (Å²) >= 11 is 0. The van der Waals surface area contributed by atoms with E-state index in [9.17, 15) is 9.59 Å². The predicted octanol–water partition coefficient (Wildman–Crippen LogP) is 4.61. The third kappa shape index (κ3) is 3.88. The number of benzene rings is 1. The topological polar surface area (TPSA) is 46.6 Å². The number of ketones is 1. The number of rotatable bonds is 3. The second-order valence-electron chi connectivity index (χ2n) is 8.36. The number of Topliss-reactive ketones (excluding diaryl/α,β-unsaturated/α-hetero) is 1. The van der Waals surface area contributed by atoms with Gasteiger partial charge in [0.2, 0.25) is 0 Å². The van der Waals surface area contributed by atoms with Crippen LogP contribution in [0.15, 0.2) is 24.3 Å². The van der Waals surface area contributed by atoms with Gasteiger partial charge in [-0.05, 0) is 64.5 Å². The van der Waals surface area contributed by atoms with E-state index in [2.05, 4.69) is 13.0 Å². The van der Waals surface area contributed by atoms with Crippen molar-refractivity contribution in [2.24, 2.45) is 5.92 Å². The molecule has 0 aliphatic carbocycles. The molecule has 0 saturated carbocycles. The van der Waals surface area contributed by atoms with Gasteiger partial charge in [-0.3, -0.25) is 4.79 Å². The molecular formula is C21H29NO3. The van der Waals surface area contributed by atoms with Crippen molar-refractivity contribution in [2.75, 3.05) is 0 Å². The highest BCUT2D eigenvalue weighted by molar-refractivity contribution is 5.98. The molecule has 25 heavy (non-hydrogen) atoms. The number of carbonyl (C=O) groups excluding carboxylic acids is 2. The number of hydrogen-bond acceptors (Lipinski definition) is 3. The van der Waals surface area contributed by atoms with Crippen molar-refractivity contribution in [3.05, 3.63) is 35.4 Å². The Kier molecular flexibility index (Phi) is 4.90. The third-order valence-corrected chi connectivity index (χ3v) is 5.33. The number of carbonyl (C=O) groups is 2. The van der Waals surface area contributed by atoms with E-state index in [1.165, 1.54) is 5.56 Å². The fourth-order valence-electron chi connectivity index (χ4n) is 4.18. The van der Waals surface area contributed by atoms with Gasteiger partial charge in [0, 0.05) is 23.6 Å². The molecule has 4 heteroatoms. The van der Waals surface area contributed by atoms with E-state index < -0.39 is 5.60 Å². The molecular weight excluding hydrogens is 314 g/mol. The number of hydrogen-bond donors (Lipinski definition) is 0. The molecule has 2 unspecified atom stereocenters. The van der Waals surface area contributed by atoms with Crippen molar-refractivity contribution in [2.45, 2.75) is 77.5 Å². The molecule has 2 heterocycles. The van der Waals surface area contributed by atoms with Gasteiger partial charge in [0.1, 0.15) is 5.60 Å². The SMILES string of the molecule is CCc1cccc(C(=O)C2CC3CCC(C2)N3C(=O)OC(C)(C)C)c1. The number of ether oxygens (including phenoxy) is 1. The van der Waals surface area contributed by atoms with Crippen molar-refractivity contribution in [1.82, 2.24) is 4.90 Å². The van der Waals surface area contributed by atoms with Crippen molar-refractivity contribution >= 4 is 11.9 Å². The minimum atomic E-state index is -0.482. The fraction of sp³-hybridized carbons (Fsp3) is 0.619. The molecule has 2 atom stereocenters. The zero-order valence-electron chi connectivity index (χ0n) is 15.7. The van der Waals surface area contributed by atoms with Gasteiger partial charge < -0.3 is 9.64 Å². The van der Waals surface area contributed by atoms with E-state index in [-0.39, 0.29) is 29.9 Å². The Balaban J connectivity index is 1.71. The van der Waals surface area contributed by atoms with E-state index in [0.29, 0.717) is 0 Å². The molecule has 136 valence electrons. The van der Waals surface area contributed by atoms with Crippen LogP contribution in [0.2, 0.25) is 0 Å². The Hall–Kier alpha value is -1.84. The summed E-state index contributed by atoms with van der Waals surface area (Å²) in [6.07, 6.45) is 4.17. The van der Waals surface area contributed by atoms with Crippen molar-refractivity contribution in [3.8, 4) is 0 Å². The quantitative estimate of drug-likeness (QED) is 0.753. The summed E-state index contributed by atoms with van der Waals surface area (Å²) in [5, 5.41) is 0. The lowest BCUT2D eigenvalue weighted by Crippen LogP contribution is -2.49. The maximum Gasteiger partial charge on any atom is 0.410 e. The maximum absolute atomic E-state index is 13.0. The van der Waals surface area contributed by atoms with Crippen molar-refractivity contribution < 1.29 is 14.3 Å². The largest absolute Gasteiger partial charge is 0.444 e. The van der Waals surface area contributed by atoms with E-state index >= 15 is 0 Å². The Morgan fingerprint density at radius 1 is 1.16 bits per heavy atom. The Morgan fingerprint density at radius 3 is 2.36 bits per heavy atom. The van der Waals surface area contributed by atoms with Crippen LogP contribution in [0, 0.1) is 5.92 Å². The lowest BCUT2D eigenvalue weighted by atomic mass is 9.84. The summed E-state index contributed by atoms with van der Waals surface area (Å²) in [5.41, 5.74) is 1.53. The van der Waals surface area contributed by atoms with Gasteiger partial charge in [0.15, 0.2) is 5.78 Å². The van der Waals surface area contributed by atoms with Crippen LogP contribution in [-0.2, 0) is 11.2 Å². The van der Waals surface area contributed by atoms with E-state index in [1.54, 1.807) is 0 Å². The Bertz CT molecular complexity index is 647.